The third kappa shape index (κ3) is 4.39. The lowest BCUT2D eigenvalue weighted by Crippen LogP contribution is -2.29. The van der Waals surface area contributed by atoms with E-state index in [1.165, 1.54) is 48.7 Å². The highest BCUT2D eigenvalue weighted by Crippen LogP contribution is 2.36. The molecule has 0 bridgehead atoms. The Morgan fingerprint density at radius 3 is 2.61 bits per heavy atom. The maximum Gasteiger partial charge on any atom is 0.320 e. The molecule has 1 aliphatic heterocycles. The Kier molecular flexibility index (Phi) is 6.16. The van der Waals surface area contributed by atoms with Crippen molar-refractivity contribution in [1.82, 2.24) is 24.3 Å². The summed E-state index contributed by atoms with van der Waals surface area (Å²) in [6.45, 7) is 5.16. The number of nitrogens with zero attached hydrogens (tertiary/aromatic N) is 5. The van der Waals surface area contributed by atoms with Crippen molar-refractivity contribution in [3.05, 3.63) is 59.2 Å². The van der Waals surface area contributed by atoms with Gasteiger partial charge in [-0.25, -0.2) is 9.78 Å². The highest BCUT2D eigenvalue weighted by atomic mass is 16.2. The first kappa shape index (κ1) is 21.7. The van der Waals surface area contributed by atoms with Crippen LogP contribution < -0.4 is 0 Å². The zero-order valence-corrected chi connectivity index (χ0v) is 19.7. The Labute approximate surface area is 195 Å². The number of aromatic nitrogens is 3. The number of imidazole rings is 1. The number of pyridine rings is 1. The molecule has 3 heterocycles. The number of carbonyl (C=O) groups is 1. The van der Waals surface area contributed by atoms with E-state index < -0.39 is 0 Å². The van der Waals surface area contributed by atoms with Crippen LogP contribution in [0.2, 0.25) is 0 Å². The van der Waals surface area contributed by atoms with Crippen LogP contribution in [0.3, 0.4) is 0 Å². The van der Waals surface area contributed by atoms with Gasteiger partial charge in [0.15, 0.2) is 0 Å². The third-order valence-electron chi connectivity index (χ3n) is 7.13. The summed E-state index contributed by atoms with van der Waals surface area (Å²) < 4.78 is 2.30. The number of urea groups is 1. The van der Waals surface area contributed by atoms with E-state index in [4.69, 9.17) is 4.98 Å². The van der Waals surface area contributed by atoms with E-state index in [1.54, 1.807) is 4.90 Å². The average molecular weight is 444 g/mol. The van der Waals surface area contributed by atoms with Gasteiger partial charge in [0, 0.05) is 32.9 Å². The predicted octanol–water partition coefficient (Wildman–Crippen LogP) is 5.54. The van der Waals surface area contributed by atoms with E-state index in [-0.39, 0.29) is 6.03 Å². The van der Waals surface area contributed by atoms with Crippen LogP contribution >= 0.6 is 0 Å². The molecule has 1 aliphatic carbocycles. The van der Waals surface area contributed by atoms with Crippen molar-refractivity contribution < 1.29 is 4.79 Å². The van der Waals surface area contributed by atoms with Gasteiger partial charge in [-0.1, -0.05) is 37.5 Å². The standard InChI is InChI=1S/C27H33N5O/c1-3-32-24-11-7-10-23(21-8-5-4-6-9-21)26(24)29-25(32)15-13-20-12-14-22(28-18-20)19-31-17-16-30(2)27(31)33/h7,10-15,18,21H,3-6,8-9,16-17,19H2,1-2H3/b15-13+. The van der Waals surface area contributed by atoms with Gasteiger partial charge < -0.3 is 14.4 Å². The lowest BCUT2D eigenvalue weighted by molar-refractivity contribution is 0.196. The van der Waals surface area contributed by atoms with Gasteiger partial charge in [-0.3, -0.25) is 4.98 Å². The molecule has 1 aromatic carbocycles. The molecule has 2 amide bonds. The monoisotopic (exact) mass is 443 g/mol. The van der Waals surface area contributed by atoms with Gasteiger partial charge in [0.25, 0.3) is 0 Å². The molecule has 5 rings (SSSR count). The quantitative estimate of drug-likeness (QED) is 0.503. The molecular formula is C27H33N5O. The van der Waals surface area contributed by atoms with E-state index in [1.807, 2.05) is 24.2 Å². The molecule has 2 aromatic heterocycles. The number of benzene rings is 1. The first-order chi connectivity index (χ1) is 16.1. The molecule has 0 radical (unpaired) electrons. The summed E-state index contributed by atoms with van der Waals surface area (Å²) in [5.74, 6) is 1.63. The van der Waals surface area contributed by atoms with Gasteiger partial charge in [-0.15, -0.1) is 0 Å². The Bertz CT molecular complexity index is 1160. The summed E-state index contributed by atoms with van der Waals surface area (Å²) in [5.41, 5.74) is 5.76. The molecule has 172 valence electrons. The smallest absolute Gasteiger partial charge is 0.320 e. The second-order valence-corrected chi connectivity index (χ2v) is 9.31. The molecule has 33 heavy (non-hydrogen) atoms. The Morgan fingerprint density at radius 2 is 1.91 bits per heavy atom. The van der Waals surface area contributed by atoms with Gasteiger partial charge in [-0.05, 0) is 61.1 Å². The topological polar surface area (TPSA) is 54.3 Å². The Morgan fingerprint density at radius 1 is 1.06 bits per heavy atom. The molecule has 0 N–H and O–H groups in total. The largest absolute Gasteiger partial charge is 0.326 e. The minimum absolute atomic E-state index is 0.0758. The molecule has 0 atom stereocenters. The van der Waals surface area contributed by atoms with E-state index in [0.717, 1.165) is 36.7 Å². The Hall–Kier alpha value is -3.15. The summed E-state index contributed by atoms with van der Waals surface area (Å²) in [4.78, 5) is 25.3. The number of amides is 2. The second-order valence-electron chi connectivity index (χ2n) is 9.31. The first-order valence-electron chi connectivity index (χ1n) is 12.3. The molecule has 2 fully saturated rings. The van der Waals surface area contributed by atoms with Gasteiger partial charge in [0.2, 0.25) is 0 Å². The van der Waals surface area contributed by atoms with Crippen LogP contribution in [0.4, 0.5) is 4.79 Å². The summed E-state index contributed by atoms with van der Waals surface area (Å²) >= 11 is 0. The number of likely N-dealkylation sites (N-methyl/N-ethyl adjacent to an activating group) is 1. The van der Waals surface area contributed by atoms with Gasteiger partial charge >= 0.3 is 6.03 Å². The summed E-state index contributed by atoms with van der Waals surface area (Å²) in [6.07, 6.45) is 12.6. The third-order valence-corrected chi connectivity index (χ3v) is 7.13. The summed E-state index contributed by atoms with van der Waals surface area (Å²) in [6, 6.07) is 10.8. The van der Waals surface area contributed by atoms with Crippen LogP contribution in [0.5, 0.6) is 0 Å². The van der Waals surface area contributed by atoms with Crippen LogP contribution in [0, 0.1) is 0 Å². The van der Waals surface area contributed by atoms with E-state index in [2.05, 4.69) is 52.9 Å². The average Bonchev–Trinajstić information content (AvgIpc) is 3.38. The predicted molar refractivity (Wildman–Crippen MR) is 133 cm³/mol. The number of hydrogen-bond acceptors (Lipinski definition) is 3. The zero-order valence-electron chi connectivity index (χ0n) is 19.7. The van der Waals surface area contributed by atoms with Crippen molar-refractivity contribution in [2.45, 2.75) is 58.0 Å². The van der Waals surface area contributed by atoms with Crippen molar-refractivity contribution in [3.8, 4) is 0 Å². The Balaban J connectivity index is 1.36. The number of aryl methyl sites for hydroxylation is 1. The van der Waals surface area contributed by atoms with Crippen molar-refractivity contribution in [2.75, 3.05) is 20.1 Å². The fourth-order valence-corrected chi connectivity index (χ4v) is 5.23. The van der Waals surface area contributed by atoms with Crippen molar-refractivity contribution in [2.24, 2.45) is 0 Å². The van der Waals surface area contributed by atoms with Crippen LogP contribution in [0.15, 0.2) is 36.5 Å². The fraction of sp³-hybridized carbons (Fsp3) is 0.444. The first-order valence-corrected chi connectivity index (χ1v) is 12.3. The van der Waals surface area contributed by atoms with Crippen molar-refractivity contribution in [1.29, 1.82) is 0 Å². The number of para-hydroxylation sites is 1. The van der Waals surface area contributed by atoms with Crippen LogP contribution in [-0.2, 0) is 13.1 Å². The highest BCUT2D eigenvalue weighted by molar-refractivity contribution is 5.83. The molecule has 6 heteroatoms. The van der Waals surface area contributed by atoms with Crippen LogP contribution in [-0.4, -0.2) is 50.5 Å². The van der Waals surface area contributed by atoms with Gasteiger partial charge in [0.05, 0.1) is 23.3 Å². The SMILES string of the molecule is CCn1c(/C=C/c2ccc(CN3CCN(C)C3=O)nc2)nc2c(C3CCCCC3)cccc21. The normalized spacial score (nSPS) is 17.7. The summed E-state index contributed by atoms with van der Waals surface area (Å²) in [7, 11) is 1.84. The van der Waals surface area contributed by atoms with Crippen molar-refractivity contribution in [3.63, 3.8) is 0 Å². The molecule has 6 nitrogen and oxygen atoms in total. The van der Waals surface area contributed by atoms with Gasteiger partial charge in [0.1, 0.15) is 5.82 Å². The number of rotatable bonds is 6. The molecule has 0 unspecified atom stereocenters. The minimum Gasteiger partial charge on any atom is -0.326 e. The molecule has 3 aromatic rings. The minimum atomic E-state index is 0.0758. The number of fused-ring (bicyclic) bond motifs is 1. The fourth-order valence-electron chi connectivity index (χ4n) is 5.23. The number of carbonyl (C=O) groups excluding carboxylic acids is 1. The maximum atomic E-state index is 12.1. The van der Waals surface area contributed by atoms with E-state index in [9.17, 15) is 4.79 Å². The summed E-state index contributed by atoms with van der Waals surface area (Å²) in [5, 5.41) is 0. The van der Waals surface area contributed by atoms with Gasteiger partial charge in [-0.2, -0.15) is 0 Å². The second kappa shape index (κ2) is 9.38. The molecule has 0 spiro atoms. The van der Waals surface area contributed by atoms with E-state index >= 15 is 0 Å². The lowest BCUT2D eigenvalue weighted by Gasteiger charge is -2.22. The molecule has 1 saturated heterocycles. The molecule has 1 saturated carbocycles. The zero-order chi connectivity index (χ0) is 22.8. The maximum absolute atomic E-state index is 12.1. The highest BCUT2D eigenvalue weighted by Gasteiger charge is 2.25. The van der Waals surface area contributed by atoms with E-state index in [0.29, 0.717) is 12.5 Å². The van der Waals surface area contributed by atoms with Crippen LogP contribution in [0.25, 0.3) is 23.2 Å². The molecule has 2 aliphatic rings. The molecular weight excluding hydrogens is 410 g/mol. The van der Waals surface area contributed by atoms with Crippen LogP contribution in [0.1, 0.15) is 67.6 Å². The lowest BCUT2D eigenvalue weighted by atomic mass is 9.83. The van der Waals surface area contributed by atoms with Crippen molar-refractivity contribution >= 4 is 29.2 Å². The number of hydrogen-bond donors (Lipinski definition) is 0.